The monoisotopic (exact) mass is 273 g/mol. The molecule has 1 aliphatic rings. The minimum Gasteiger partial charge on any atom is -0.383 e. The van der Waals surface area contributed by atoms with Crippen molar-refractivity contribution >= 4 is 11.7 Å². The van der Waals surface area contributed by atoms with Crippen LogP contribution in [0.3, 0.4) is 0 Å². The molecule has 20 heavy (non-hydrogen) atoms. The molecule has 0 atom stereocenters. The highest BCUT2D eigenvalue weighted by Crippen LogP contribution is 2.20. The van der Waals surface area contributed by atoms with Crippen LogP contribution in [0.2, 0.25) is 0 Å². The van der Waals surface area contributed by atoms with Crippen LogP contribution in [0.25, 0.3) is 5.82 Å². The van der Waals surface area contributed by atoms with E-state index >= 15 is 0 Å². The SMILES string of the molecule is COC1CN(C(=O)c2cnn(-c3ccccn3)c2N)C1. The average molecular weight is 273 g/mol. The molecule has 0 unspecified atom stereocenters. The molecule has 1 amide bonds. The summed E-state index contributed by atoms with van der Waals surface area (Å²) in [6.07, 6.45) is 3.24. The van der Waals surface area contributed by atoms with Crippen LogP contribution < -0.4 is 5.73 Å². The zero-order valence-electron chi connectivity index (χ0n) is 11.1. The molecule has 2 N–H and O–H groups in total. The number of pyridine rings is 1. The summed E-state index contributed by atoms with van der Waals surface area (Å²) in [6.45, 7) is 1.17. The Morgan fingerprint density at radius 1 is 1.45 bits per heavy atom. The molecule has 2 aromatic heterocycles. The second kappa shape index (κ2) is 4.93. The third kappa shape index (κ3) is 2.01. The Bertz CT molecular complexity index is 619. The summed E-state index contributed by atoms with van der Waals surface area (Å²) in [4.78, 5) is 18.1. The lowest BCUT2D eigenvalue weighted by atomic mass is 10.1. The molecular formula is C13H15N5O2. The van der Waals surface area contributed by atoms with Crippen LogP contribution in [0.5, 0.6) is 0 Å². The number of aromatic nitrogens is 3. The summed E-state index contributed by atoms with van der Waals surface area (Å²) in [6, 6.07) is 5.42. The van der Waals surface area contributed by atoms with Crippen LogP contribution in [-0.4, -0.2) is 51.9 Å². The van der Waals surface area contributed by atoms with E-state index in [-0.39, 0.29) is 12.0 Å². The van der Waals surface area contributed by atoms with Crippen molar-refractivity contribution in [2.24, 2.45) is 0 Å². The first kappa shape index (κ1) is 12.6. The second-order valence-electron chi connectivity index (χ2n) is 4.61. The summed E-state index contributed by atoms with van der Waals surface area (Å²) < 4.78 is 6.61. The van der Waals surface area contributed by atoms with Gasteiger partial charge in [0.15, 0.2) is 5.82 Å². The maximum Gasteiger partial charge on any atom is 0.259 e. The number of likely N-dealkylation sites (tertiary alicyclic amines) is 1. The van der Waals surface area contributed by atoms with Crippen molar-refractivity contribution < 1.29 is 9.53 Å². The highest BCUT2D eigenvalue weighted by molar-refractivity contribution is 5.99. The Labute approximate surface area is 116 Å². The first-order valence-corrected chi connectivity index (χ1v) is 6.27. The van der Waals surface area contributed by atoms with Gasteiger partial charge in [0.2, 0.25) is 0 Å². The average Bonchev–Trinajstić information content (AvgIpc) is 2.80. The van der Waals surface area contributed by atoms with Crippen molar-refractivity contribution in [3.05, 3.63) is 36.2 Å². The predicted molar refractivity (Wildman–Crippen MR) is 72.5 cm³/mol. The van der Waals surface area contributed by atoms with Crippen molar-refractivity contribution in [2.75, 3.05) is 25.9 Å². The van der Waals surface area contributed by atoms with Gasteiger partial charge in [0, 0.05) is 26.4 Å². The number of hydrogen-bond acceptors (Lipinski definition) is 5. The largest absolute Gasteiger partial charge is 0.383 e. The lowest BCUT2D eigenvalue weighted by Crippen LogP contribution is -2.54. The summed E-state index contributed by atoms with van der Waals surface area (Å²) >= 11 is 0. The van der Waals surface area contributed by atoms with Crippen molar-refractivity contribution in [1.29, 1.82) is 0 Å². The molecule has 3 heterocycles. The quantitative estimate of drug-likeness (QED) is 0.870. The van der Waals surface area contributed by atoms with E-state index in [1.54, 1.807) is 30.3 Å². The van der Waals surface area contributed by atoms with E-state index in [1.807, 2.05) is 6.07 Å². The fraction of sp³-hybridized carbons (Fsp3) is 0.308. The van der Waals surface area contributed by atoms with E-state index in [1.165, 1.54) is 10.9 Å². The fourth-order valence-electron chi connectivity index (χ4n) is 2.11. The van der Waals surface area contributed by atoms with Gasteiger partial charge in [0.1, 0.15) is 11.4 Å². The van der Waals surface area contributed by atoms with Gasteiger partial charge in [-0.1, -0.05) is 6.07 Å². The molecule has 0 spiro atoms. The highest BCUT2D eigenvalue weighted by Gasteiger charge is 2.33. The second-order valence-corrected chi connectivity index (χ2v) is 4.61. The van der Waals surface area contributed by atoms with Gasteiger partial charge in [-0.05, 0) is 12.1 Å². The number of carbonyl (C=O) groups excluding carboxylic acids is 1. The minimum absolute atomic E-state index is 0.117. The zero-order valence-corrected chi connectivity index (χ0v) is 11.1. The van der Waals surface area contributed by atoms with Gasteiger partial charge in [-0.15, -0.1) is 0 Å². The van der Waals surface area contributed by atoms with Crippen molar-refractivity contribution in [2.45, 2.75) is 6.10 Å². The summed E-state index contributed by atoms with van der Waals surface area (Å²) in [5.41, 5.74) is 6.40. The van der Waals surface area contributed by atoms with Crippen LogP contribution in [0.4, 0.5) is 5.82 Å². The number of carbonyl (C=O) groups is 1. The lowest BCUT2D eigenvalue weighted by Gasteiger charge is -2.37. The fourth-order valence-corrected chi connectivity index (χ4v) is 2.11. The van der Waals surface area contributed by atoms with Gasteiger partial charge in [0.25, 0.3) is 5.91 Å². The van der Waals surface area contributed by atoms with Gasteiger partial charge in [0.05, 0.1) is 12.3 Å². The number of hydrogen-bond donors (Lipinski definition) is 1. The van der Waals surface area contributed by atoms with Crippen molar-refractivity contribution in [3.63, 3.8) is 0 Å². The highest BCUT2D eigenvalue weighted by atomic mass is 16.5. The number of ether oxygens (including phenoxy) is 1. The third-order valence-electron chi connectivity index (χ3n) is 3.37. The molecule has 7 heteroatoms. The van der Waals surface area contributed by atoms with Crippen LogP contribution in [-0.2, 0) is 4.74 Å². The van der Waals surface area contributed by atoms with E-state index in [0.29, 0.717) is 30.3 Å². The van der Waals surface area contributed by atoms with Gasteiger partial charge in [-0.2, -0.15) is 9.78 Å². The van der Waals surface area contributed by atoms with E-state index in [2.05, 4.69) is 10.1 Å². The van der Waals surface area contributed by atoms with Gasteiger partial charge in [-0.3, -0.25) is 4.79 Å². The molecule has 0 radical (unpaired) electrons. The Morgan fingerprint density at radius 2 is 2.25 bits per heavy atom. The molecule has 2 aromatic rings. The molecule has 0 aromatic carbocycles. The van der Waals surface area contributed by atoms with Crippen LogP contribution in [0.1, 0.15) is 10.4 Å². The summed E-state index contributed by atoms with van der Waals surface area (Å²) in [5.74, 6) is 0.759. The molecular weight excluding hydrogens is 258 g/mol. The maximum absolute atomic E-state index is 12.3. The predicted octanol–water partition coefficient (Wildman–Crippen LogP) is 0.320. The summed E-state index contributed by atoms with van der Waals surface area (Å²) in [7, 11) is 1.64. The standard InChI is InChI=1S/C13H15N5O2/c1-20-9-7-17(8-9)13(19)10-6-16-18(12(10)14)11-4-2-3-5-15-11/h2-6,9H,7-8,14H2,1H3. The van der Waals surface area contributed by atoms with Crippen LogP contribution in [0, 0.1) is 0 Å². The van der Waals surface area contributed by atoms with Crippen molar-refractivity contribution in [1.82, 2.24) is 19.7 Å². The normalized spacial score (nSPS) is 15.2. The number of anilines is 1. The van der Waals surface area contributed by atoms with E-state index in [0.717, 1.165) is 0 Å². The Morgan fingerprint density at radius 3 is 2.90 bits per heavy atom. The van der Waals surface area contributed by atoms with Crippen LogP contribution in [0.15, 0.2) is 30.6 Å². The number of rotatable bonds is 3. The Kier molecular flexibility index (Phi) is 3.11. The molecule has 1 saturated heterocycles. The Balaban J connectivity index is 1.82. The molecule has 7 nitrogen and oxygen atoms in total. The van der Waals surface area contributed by atoms with E-state index < -0.39 is 0 Å². The molecule has 1 fully saturated rings. The van der Waals surface area contributed by atoms with E-state index in [9.17, 15) is 4.79 Å². The number of methoxy groups -OCH3 is 1. The molecule has 3 rings (SSSR count). The topological polar surface area (TPSA) is 86.3 Å². The third-order valence-corrected chi connectivity index (χ3v) is 3.37. The Hall–Kier alpha value is -2.41. The molecule has 0 bridgehead atoms. The zero-order chi connectivity index (χ0) is 14.1. The molecule has 0 aliphatic carbocycles. The van der Waals surface area contributed by atoms with Gasteiger partial charge < -0.3 is 15.4 Å². The maximum atomic E-state index is 12.3. The minimum atomic E-state index is -0.127. The molecule has 1 aliphatic heterocycles. The number of nitrogen functional groups attached to an aromatic ring is 1. The summed E-state index contributed by atoms with van der Waals surface area (Å²) in [5, 5.41) is 4.14. The van der Waals surface area contributed by atoms with Gasteiger partial charge in [-0.25, -0.2) is 4.98 Å². The number of amides is 1. The van der Waals surface area contributed by atoms with Gasteiger partial charge >= 0.3 is 0 Å². The van der Waals surface area contributed by atoms with Crippen LogP contribution >= 0.6 is 0 Å². The first-order valence-electron chi connectivity index (χ1n) is 6.27. The number of nitrogens with two attached hydrogens (primary N) is 1. The molecule has 104 valence electrons. The first-order chi connectivity index (χ1) is 9.70. The lowest BCUT2D eigenvalue weighted by molar-refractivity contribution is -0.0191. The van der Waals surface area contributed by atoms with E-state index in [4.69, 9.17) is 10.5 Å². The van der Waals surface area contributed by atoms with Crippen molar-refractivity contribution in [3.8, 4) is 5.82 Å². The number of nitrogens with zero attached hydrogens (tertiary/aromatic N) is 4. The smallest absolute Gasteiger partial charge is 0.259 e. The molecule has 0 saturated carbocycles.